The van der Waals surface area contributed by atoms with Crippen molar-refractivity contribution in [2.45, 2.75) is 32.1 Å². The van der Waals surface area contributed by atoms with Crippen molar-refractivity contribution in [1.29, 1.82) is 0 Å². The number of aromatic nitrogens is 1. The van der Waals surface area contributed by atoms with E-state index >= 15 is 0 Å². The van der Waals surface area contributed by atoms with Gasteiger partial charge in [-0.1, -0.05) is 20.8 Å². The van der Waals surface area contributed by atoms with Crippen LogP contribution in [0.2, 0.25) is 0 Å². The summed E-state index contributed by atoms with van der Waals surface area (Å²) < 4.78 is 26.1. The summed E-state index contributed by atoms with van der Waals surface area (Å²) in [7, 11) is -3.52. The van der Waals surface area contributed by atoms with Crippen LogP contribution < -0.4 is 10.3 Å². The van der Waals surface area contributed by atoms with Crippen LogP contribution in [0.5, 0.6) is 0 Å². The molecule has 0 spiro atoms. The first kappa shape index (κ1) is 13.9. The molecule has 0 aliphatic carbocycles. The third-order valence-electron chi connectivity index (χ3n) is 2.23. The number of hydrogen-bond acceptors (Lipinski definition) is 3. The van der Waals surface area contributed by atoms with E-state index in [-0.39, 0.29) is 15.9 Å². The van der Waals surface area contributed by atoms with Gasteiger partial charge in [-0.25, -0.2) is 13.1 Å². The molecule has 0 aromatic carbocycles. The lowest BCUT2D eigenvalue weighted by Crippen LogP contribution is -2.27. The fourth-order valence-corrected chi connectivity index (χ4v) is 2.21. The Bertz CT molecular complexity index is 506. The predicted molar refractivity (Wildman–Crippen MR) is 66.3 cm³/mol. The molecule has 0 unspecified atom stereocenters. The van der Waals surface area contributed by atoms with Gasteiger partial charge in [0.05, 0.1) is 4.90 Å². The number of pyridine rings is 1. The van der Waals surface area contributed by atoms with Crippen molar-refractivity contribution in [3.63, 3.8) is 0 Å². The number of nitrogens with one attached hydrogen (secondary N) is 2. The van der Waals surface area contributed by atoms with Crippen LogP contribution in [0.4, 0.5) is 0 Å². The van der Waals surface area contributed by atoms with Gasteiger partial charge in [-0.15, -0.1) is 0 Å². The van der Waals surface area contributed by atoms with Crippen molar-refractivity contribution in [2.75, 3.05) is 6.54 Å². The molecule has 0 atom stereocenters. The van der Waals surface area contributed by atoms with Gasteiger partial charge in [0.1, 0.15) is 0 Å². The summed E-state index contributed by atoms with van der Waals surface area (Å²) >= 11 is 0. The zero-order valence-electron chi connectivity index (χ0n) is 10.3. The standard InChI is InChI=1S/C11H18N2O3S/c1-11(2,3)6-7-13-17(15,16)9-4-5-10(14)12-8-9/h4-5,8,13H,6-7H2,1-3H3,(H,12,14). The van der Waals surface area contributed by atoms with Crippen molar-refractivity contribution >= 4 is 10.0 Å². The summed E-state index contributed by atoms with van der Waals surface area (Å²) in [6, 6.07) is 2.48. The highest BCUT2D eigenvalue weighted by atomic mass is 32.2. The molecule has 0 aliphatic rings. The summed E-state index contributed by atoms with van der Waals surface area (Å²) in [5.41, 5.74) is -0.244. The van der Waals surface area contributed by atoms with Crippen molar-refractivity contribution in [3.8, 4) is 0 Å². The molecular formula is C11H18N2O3S. The molecule has 0 aliphatic heterocycles. The normalized spacial score (nSPS) is 12.6. The third-order valence-corrected chi connectivity index (χ3v) is 3.69. The average molecular weight is 258 g/mol. The molecule has 0 saturated carbocycles. The van der Waals surface area contributed by atoms with Crippen LogP contribution in [0.25, 0.3) is 0 Å². The van der Waals surface area contributed by atoms with Crippen molar-refractivity contribution in [1.82, 2.24) is 9.71 Å². The molecule has 0 radical (unpaired) electrons. The Labute approximate surface area is 101 Å². The maximum Gasteiger partial charge on any atom is 0.247 e. The van der Waals surface area contributed by atoms with Crippen molar-refractivity contribution in [3.05, 3.63) is 28.7 Å². The molecule has 0 bridgehead atoms. The first-order valence-corrected chi connectivity index (χ1v) is 6.87. The smallest absolute Gasteiger partial charge is 0.247 e. The van der Waals surface area contributed by atoms with Gasteiger partial charge in [0.2, 0.25) is 15.6 Å². The van der Waals surface area contributed by atoms with E-state index in [9.17, 15) is 13.2 Å². The Morgan fingerprint density at radius 2 is 1.94 bits per heavy atom. The van der Waals surface area contributed by atoms with Crippen LogP contribution in [0, 0.1) is 5.41 Å². The second-order valence-electron chi connectivity index (χ2n) is 5.10. The fraction of sp³-hybridized carbons (Fsp3) is 0.545. The topological polar surface area (TPSA) is 79.0 Å². The summed E-state index contributed by atoms with van der Waals surface area (Å²) in [4.78, 5) is 13.2. The molecular weight excluding hydrogens is 240 g/mol. The molecule has 6 heteroatoms. The largest absolute Gasteiger partial charge is 0.328 e. The number of aromatic amines is 1. The molecule has 1 rings (SSSR count). The van der Waals surface area contributed by atoms with Gasteiger partial charge in [-0.2, -0.15) is 0 Å². The molecule has 2 N–H and O–H groups in total. The lowest BCUT2D eigenvalue weighted by Gasteiger charge is -2.17. The molecule has 1 aromatic rings. The van der Waals surface area contributed by atoms with Gasteiger partial charge >= 0.3 is 0 Å². The highest BCUT2D eigenvalue weighted by Crippen LogP contribution is 2.17. The molecule has 0 fully saturated rings. The van der Waals surface area contributed by atoms with Crippen LogP contribution in [0.1, 0.15) is 27.2 Å². The Morgan fingerprint density at radius 3 is 2.41 bits per heavy atom. The minimum atomic E-state index is -3.52. The second kappa shape index (κ2) is 5.01. The van der Waals surface area contributed by atoms with E-state index in [0.717, 1.165) is 6.42 Å². The molecule has 17 heavy (non-hydrogen) atoms. The lowest BCUT2D eigenvalue weighted by molar-refractivity contribution is 0.378. The van der Waals surface area contributed by atoms with Gasteiger partial charge in [-0.05, 0) is 17.9 Å². The van der Waals surface area contributed by atoms with E-state index in [4.69, 9.17) is 0 Å². The second-order valence-corrected chi connectivity index (χ2v) is 6.86. The molecule has 96 valence electrons. The molecule has 0 saturated heterocycles. The Balaban J connectivity index is 2.70. The van der Waals surface area contributed by atoms with Crippen LogP contribution >= 0.6 is 0 Å². The number of sulfonamides is 1. The minimum Gasteiger partial charge on any atom is -0.328 e. The van der Waals surface area contributed by atoms with E-state index in [0.29, 0.717) is 6.54 Å². The maximum absolute atomic E-state index is 11.8. The zero-order valence-corrected chi connectivity index (χ0v) is 11.1. The van der Waals surface area contributed by atoms with Crippen molar-refractivity contribution in [2.24, 2.45) is 5.41 Å². The first-order chi connectivity index (χ1) is 7.71. The summed E-state index contributed by atoms with van der Waals surface area (Å²) in [5, 5.41) is 0. The maximum atomic E-state index is 11.8. The quantitative estimate of drug-likeness (QED) is 0.848. The van der Waals surface area contributed by atoms with E-state index in [1.165, 1.54) is 18.3 Å². The summed E-state index contributed by atoms with van der Waals surface area (Å²) in [6.07, 6.45) is 1.94. The summed E-state index contributed by atoms with van der Waals surface area (Å²) in [5.74, 6) is 0. The molecule has 0 amide bonds. The Hall–Kier alpha value is -1.14. The Kier molecular flexibility index (Phi) is 4.11. The fourth-order valence-electron chi connectivity index (χ4n) is 1.21. The molecule has 1 heterocycles. The van der Waals surface area contributed by atoms with E-state index in [1.807, 2.05) is 20.8 Å². The van der Waals surface area contributed by atoms with Gasteiger partial charge in [0.25, 0.3) is 0 Å². The van der Waals surface area contributed by atoms with Crippen LogP contribution in [0.3, 0.4) is 0 Å². The van der Waals surface area contributed by atoms with Crippen LogP contribution in [0.15, 0.2) is 28.0 Å². The highest BCUT2D eigenvalue weighted by Gasteiger charge is 2.16. The van der Waals surface area contributed by atoms with Crippen LogP contribution in [-0.4, -0.2) is 19.9 Å². The summed E-state index contributed by atoms with van der Waals surface area (Å²) in [6.45, 7) is 6.51. The third kappa shape index (κ3) is 4.70. The predicted octanol–water partition coefficient (Wildman–Crippen LogP) is 1.09. The highest BCUT2D eigenvalue weighted by molar-refractivity contribution is 7.89. The van der Waals surface area contributed by atoms with Gasteiger partial charge in [-0.3, -0.25) is 4.79 Å². The number of hydrogen-bond donors (Lipinski definition) is 2. The average Bonchev–Trinajstić information content (AvgIpc) is 2.15. The van der Waals surface area contributed by atoms with Crippen molar-refractivity contribution < 1.29 is 8.42 Å². The SMILES string of the molecule is CC(C)(C)CCNS(=O)(=O)c1ccc(=O)[nH]c1. The van der Waals surface area contributed by atoms with Gasteiger partial charge < -0.3 is 4.98 Å². The number of rotatable bonds is 4. The first-order valence-electron chi connectivity index (χ1n) is 5.39. The Morgan fingerprint density at radius 1 is 1.29 bits per heavy atom. The van der Waals surface area contributed by atoms with E-state index in [1.54, 1.807) is 0 Å². The number of H-pyrrole nitrogens is 1. The van der Waals surface area contributed by atoms with Gasteiger partial charge in [0.15, 0.2) is 0 Å². The van der Waals surface area contributed by atoms with Crippen LogP contribution in [-0.2, 0) is 10.0 Å². The molecule has 5 nitrogen and oxygen atoms in total. The zero-order chi connectivity index (χ0) is 13.1. The van der Waals surface area contributed by atoms with E-state index < -0.39 is 10.0 Å². The van der Waals surface area contributed by atoms with Gasteiger partial charge in [0, 0.05) is 18.8 Å². The van der Waals surface area contributed by atoms with E-state index in [2.05, 4.69) is 9.71 Å². The lowest BCUT2D eigenvalue weighted by atomic mass is 9.93. The molecule has 1 aromatic heterocycles. The minimum absolute atomic E-state index is 0.0750. The monoisotopic (exact) mass is 258 g/mol.